The van der Waals surface area contributed by atoms with E-state index in [9.17, 15) is 4.79 Å². The van der Waals surface area contributed by atoms with Crippen LogP contribution < -0.4 is 5.32 Å². The van der Waals surface area contributed by atoms with Gasteiger partial charge in [-0.25, -0.2) is 0 Å². The molecule has 0 aliphatic carbocycles. The van der Waals surface area contributed by atoms with Crippen molar-refractivity contribution in [1.29, 1.82) is 0 Å². The maximum absolute atomic E-state index is 12.7. The molecular formula is C16H32N2O2. The molecule has 118 valence electrons. The zero-order chi connectivity index (χ0) is 15.3. The first kappa shape index (κ1) is 17.4. The Hall–Kier alpha value is -0.610. The van der Waals surface area contributed by atoms with Crippen molar-refractivity contribution in [2.45, 2.75) is 72.6 Å². The van der Waals surface area contributed by atoms with Gasteiger partial charge < -0.3 is 9.64 Å². The van der Waals surface area contributed by atoms with Crippen LogP contribution in [-0.4, -0.2) is 42.3 Å². The Morgan fingerprint density at radius 1 is 1.25 bits per heavy atom. The van der Waals surface area contributed by atoms with Crippen molar-refractivity contribution in [3.63, 3.8) is 0 Å². The third-order valence-electron chi connectivity index (χ3n) is 4.05. The summed E-state index contributed by atoms with van der Waals surface area (Å²) in [5, 5.41) is 3.52. The van der Waals surface area contributed by atoms with E-state index in [0.717, 1.165) is 12.8 Å². The Morgan fingerprint density at radius 2 is 1.90 bits per heavy atom. The smallest absolute Gasteiger partial charge is 0.241 e. The normalized spacial score (nSPS) is 25.0. The van der Waals surface area contributed by atoms with E-state index in [-0.39, 0.29) is 24.2 Å². The number of hydrogen-bond acceptors (Lipinski definition) is 3. The summed E-state index contributed by atoms with van der Waals surface area (Å²) in [6, 6.07) is 0.138. The number of hydrogen-bond donors (Lipinski definition) is 1. The largest absolute Gasteiger partial charge is 0.380 e. The van der Waals surface area contributed by atoms with Gasteiger partial charge in [0, 0.05) is 6.61 Å². The van der Waals surface area contributed by atoms with Gasteiger partial charge in [0.05, 0.1) is 24.9 Å². The van der Waals surface area contributed by atoms with E-state index in [1.165, 1.54) is 0 Å². The van der Waals surface area contributed by atoms with Crippen LogP contribution in [0, 0.1) is 11.8 Å². The van der Waals surface area contributed by atoms with Gasteiger partial charge in [-0.2, -0.15) is 0 Å². The van der Waals surface area contributed by atoms with Gasteiger partial charge in [-0.05, 0) is 25.2 Å². The number of carbonyl (C=O) groups excluding carboxylic acids is 1. The molecule has 4 heteroatoms. The first-order valence-electron chi connectivity index (χ1n) is 8.09. The van der Waals surface area contributed by atoms with E-state index in [1.54, 1.807) is 0 Å². The van der Waals surface area contributed by atoms with Crippen LogP contribution in [0.5, 0.6) is 0 Å². The zero-order valence-electron chi connectivity index (χ0n) is 14.0. The molecule has 1 aliphatic rings. The van der Waals surface area contributed by atoms with Crippen LogP contribution in [0.25, 0.3) is 0 Å². The molecule has 1 aliphatic heterocycles. The van der Waals surface area contributed by atoms with E-state index in [0.29, 0.717) is 25.0 Å². The Kier molecular flexibility index (Phi) is 6.96. The first-order chi connectivity index (χ1) is 9.43. The van der Waals surface area contributed by atoms with Gasteiger partial charge in [-0.3, -0.25) is 10.1 Å². The lowest BCUT2D eigenvalue weighted by Gasteiger charge is -2.36. The Bertz CT molecular complexity index is 305. The number of rotatable bonds is 8. The van der Waals surface area contributed by atoms with Crippen LogP contribution in [0.15, 0.2) is 0 Å². The molecule has 0 aromatic carbocycles. The molecule has 1 amide bonds. The highest BCUT2D eigenvalue weighted by atomic mass is 16.5. The monoisotopic (exact) mass is 284 g/mol. The molecular weight excluding hydrogens is 252 g/mol. The molecule has 0 bridgehead atoms. The van der Waals surface area contributed by atoms with Gasteiger partial charge in [0.1, 0.15) is 0 Å². The molecule has 0 saturated carbocycles. The number of amides is 1. The van der Waals surface area contributed by atoms with E-state index < -0.39 is 0 Å². The van der Waals surface area contributed by atoms with Gasteiger partial charge in [0.25, 0.3) is 0 Å². The molecule has 1 heterocycles. The predicted octanol–water partition coefficient (Wildman–Crippen LogP) is 2.63. The molecule has 1 fully saturated rings. The fraction of sp³-hybridized carbons (Fsp3) is 0.938. The molecule has 0 aromatic rings. The van der Waals surface area contributed by atoms with Crippen LogP contribution >= 0.6 is 0 Å². The number of ether oxygens (including phenoxy) is 1. The van der Waals surface area contributed by atoms with Crippen LogP contribution in [0.2, 0.25) is 0 Å². The van der Waals surface area contributed by atoms with E-state index in [1.807, 2.05) is 6.92 Å². The molecule has 20 heavy (non-hydrogen) atoms. The third kappa shape index (κ3) is 3.95. The summed E-state index contributed by atoms with van der Waals surface area (Å²) in [4.78, 5) is 14.8. The number of carbonyl (C=O) groups is 1. The summed E-state index contributed by atoms with van der Waals surface area (Å²) in [6.45, 7) is 14.1. The summed E-state index contributed by atoms with van der Waals surface area (Å²) in [5.41, 5.74) is 0. The average Bonchev–Trinajstić information content (AvgIpc) is 2.69. The Morgan fingerprint density at radius 3 is 2.35 bits per heavy atom. The topological polar surface area (TPSA) is 41.6 Å². The molecule has 0 radical (unpaired) electrons. The Labute approximate surface area is 124 Å². The molecule has 1 rings (SSSR count). The molecule has 3 atom stereocenters. The maximum Gasteiger partial charge on any atom is 0.241 e. The fourth-order valence-electron chi connectivity index (χ4n) is 2.89. The van der Waals surface area contributed by atoms with Gasteiger partial charge in [0.15, 0.2) is 0 Å². The Balaban J connectivity index is 2.92. The molecule has 4 nitrogen and oxygen atoms in total. The van der Waals surface area contributed by atoms with Gasteiger partial charge in [0.2, 0.25) is 5.91 Å². The highest BCUT2D eigenvalue weighted by molar-refractivity contribution is 5.84. The van der Waals surface area contributed by atoms with Crippen molar-refractivity contribution >= 4 is 5.91 Å². The number of nitrogens with one attached hydrogen (secondary N) is 1. The van der Waals surface area contributed by atoms with Crippen molar-refractivity contribution < 1.29 is 9.53 Å². The second-order valence-corrected chi connectivity index (χ2v) is 6.41. The van der Waals surface area contributed by atoms with Crippen molar-refractivity contribution in [2.24, 2.45) is 11.8 Å². The second kappa shape index (κ2) is 7.99. The van der Waals surface area contributed by atoms with Crippen molar-refractivity contribution in [3.8, 4) is 0 Å². The molecule has 1 N–H and O–H groups in total. The molecule has 0 aromatic heterocycles. The first-order valence-corrected chi connectivity index (χ1v) is 8.09. The minimum atomic E-state index is -0.0183. The van der Waals surface area contributed by atoms with Crippen LogP contribution in [0.4, 0.5) is 0 Å². The molecule has 0 spiro atoms. The quantitative estimate of drug-likeness (QED) is 0.745. The van der Waals surface area contributed by atoms with Gasteiger partial charge in [-0.1, -0.05) is 41.0 Å². The minimum absolute atomic E-state index is 0.0183. The second-order valence-electron chi connectivity index (χ2n) is 6.41. The SMILES string of the molecule is CCCC1NC(C(C)C)N(C(COCC)C(C)C)C1=O. The summed E-state index contributed by atoms with van der Waals surface area (Å²) in [7, 11) is 0. The summed E-state index contributed by atoms with van der Waals surface area (Å²) >= 11 is 0. The van der Waals surface area contributed by atoms with Gasteiger partial charge in [-0.15, -0.1) is 0 Å². The lowest BCUT2D eigenvalue weighted by atomic mass is 10.0. The fourth-order valence-corrected chi connectivity index (χ4v) is 2.89. The summed E-state index contributed by atoms with van der Waals surface area (Å²) in [6.07, 6.45) is 2.07. The van der Waals surface area contributed by atoms with Crippen LogP contribution in [0.1, 0.15) is 54.4 Å². The molecule has 1 saturated heterocycles. The van der Waals surface area contributed by atoms with E-state index in [4.69, 9.17) is 4.74 Å². The minimum Gasteiger partial charge on any atom is -0.380 e. The third-order valence-corrected chi connectivity index (χ3v) is 4.05. The predicted molar refractivity (Wildman–Crippen MR) is 82.4 cm³/mol. The van der Waals surface area contributed by atoms with Crippen LogP contribution in [-0.2, 0) is 9.53 Å². The van der Waals surface area contributed by atoms with Crippen molar-refractivity contribution in [1.82, 2.24) is 10.2 Å². The standard InChI is InChI=1S/C16H32N2O2/c1-7-9-13-16(19)18(15(17-13)12(5)6)14(11(3)4)10-20-8-2/h11-15,17H,7-10H2,1-6H3. The van der Waals surface area contributed by atoms with Crippen molar-refractivity contribution in [3.05, 3.63) is 0 Å². The van der Waals surface area contributed by atoms with E-state index >= 15 is 0 Å². The summed E-state index contributed by atoms with van der Waals surface area (Å²) < 4.78 is 5.62. The lowest BCUT2D eigenvalue weighted by molar-refractivity contribution is -0.135. The van der Waals surface area contributed by atoms with Crippen LogP contribution in [0.3, 0.4) is 0 Å². The summed E-state index contributed by atoms with van der Waals surface area (Å²) in [5.74, 6) is 1.06. The highest BCUT2D eigenvalue weighted by Gasteiger charge is 2.43. The zero-order valence-corrected chi connectivity index (χ0v) is 14.0. The van der Waals surface area contributed by atoms with Gasteiger partial charge >= 0.3 is 0 Å². The number of nitrogens with zero attached hydrogens (tertiary/aromatic N) is 1. The highest BCUT2D eigenvalue weighted by Crippen LogP contribution is 2.26. The maximum atomic E-state index is 12.7. The molecule has 3 unspecified atom stereocenters. The van der Waals surface area contributed by atoms with Crippen molar-refractivity contribution in [2.75, 3.05) is 13.2 Å². The lowest BCUT2D eigenvalue weighted by Crippen LogP contribution is -2.51. The average molecular weight is 284 g/mol. The van der Waals surface area contributed by atoms with E-state index in [2.05, 4.69) is 44.8 Å².